The Balaban J connectivity index is -0.000000230. The molecule has 8 heteroatoms. The van der Waals surface area contributed by atoms with Crippen LogP contribution in [-0.4, -0.2) is 30.5 Å². The molecule has 0 saturated heterocycles. The largest absolute Gasteiger partial charge is 0.366 e. The van der Waals surface area contributed by atoms with Gasteiger partial charge in [0.2, 0.25) is 11.8 Å². The first kappa shape index (κ1) is 23.4. The van der Waals surface area contributed by atoms with Crippen molar-refractivity contribution in [2.75, 3.05) is 5.75 Å². The molecule has 0 aromatic heterocycles. The Morgan fingerprint density at radius 2 is 1.60 bits per heavy atom. The van der Waals surface area contributed by atoms with E-state index in [4.69, 9.17) is 10.3 Å². The topological polar surface area (TPSA) is 141 Å². The summed E-state index contributed by atoms with van der Waals surface area (Å²) in [6.07, 6.45) is 3.45. The van der Waals surface area contributed by atoms with Crippen LogP contribution in [0.2, 0.25) is 0 Å². The summed E-state index contributed by atoms with van der Waals surface area (Å²) in [6, 6.07) is 0. The molecular weight excluding hydrogens is 284 g/mol. The van der Waals surface area contributed by atoms with Crippen molar-refractivity contribution < 1.29 is 22.6 Å². The van der Waals surface area contributed by atoms with Gasteiger partial charge < -0.3 is 11.5 Å². The molecule has 0 aromatic carbocycles. The van der Waals surface area contributed by atoms with E-state index < -0.39 is 21.9 Å². The minimum atomic E-state index is -3.70. The first-order chi connectivity index (χ1) is 8.97. The summed E-state index contributed by atoms with van der Waals surface area (Å²) in [6.45, 7) is 9.91. The van der Waals surface area contributed by atoms with Gasteiger partial charge >= 0.3 is 0 Å². The molecule has 0 saturated carbocycles. The van der Waals surface area contributed by atoms with E-state index in [1.165, 1.54) is 0 Å². The van der Waals surface area contributed by atoms with Crippen LogP contribution in [0.25, 0.3) is 0 Å². The molecule has 0 radical (unpaired) electrons. The Hall–Kier alpha value is -1.67. The van der Waals surface area contributed by atoms with Gasteiger partial charge in [0, 0.05) is 5.57 Å². The first-order valence-corrected chi connectivity index (χ1v) is 7.41. The molecule has 0 fully saturated rings. The Kier molecular flexibility index (Phi) is 16.1. The van der Waals surface area contributed by atoms with E-state index in [1.54, 1.807) is 6.92 Å². The van der Waals surface area contributed by atoms with Crippen LogP contribution in [0.15, 0.2) is 24.8 Å². The maximum atomic E-state index is 10.1. The first-order valence-electron chi connectivity index (χ1n) is 5.80. The average Bonchev–Trinajstić information content (AvgIpc) is 2.29. The van der Waals surface area contributed by atoms with Crippen LogP contribution in [0.5, 0.6) is 0 Å². The van der Waals surface area contributed by atoms with Crippen LogP contribution in [0, 0.1) is 0 Å². The van der Waals surface area contributed by atoms with Crippen LogP contribution in [0.3, 0.4) is 0 Å². The van der Waals surface area contributed by atoms with Crippen LogP contribution in [0.4, 0.5) is 0 Å². The zero-order chi connectivity index (χ0) is 16.8. The van der Waals surface area contributed by atoms with E-state index >= 15 is 0 Å². The van der Waals surface area contributed by atoms with Gasteiger partial charge in [-0.3, -0.25) is 14.1 Å². The van der Waals surface area contributed by atoms with E-state index in [1.807, 2.05) is 6.92 Å². The molecule has 0 aliphatic carbocycles. The molecule has 0 unspecified atom stereocenters. The minimum Gasteiger partial charge on any atom is -0.366 e. The number of rotatable bonds is 6. The maximum Gasteiger partial charge on any atom is 0.264 e. The number of hydrogen-bond donors (Lipinski definition) is 3. The second-order valence-corrected chi connectivity index (χ2v) is 5.32. The van der Waals surface area contributed by atoms with Gasteiger partial charge in [0.05, 0.1) is 5.75 Å². The Labute approximate surface area is 120 Å². The summed E-state index contributed by atoms with van der Waals surface area (Å²) in [4.78, 5) is 19.3. The second-order valence-electron chi connectivity index (χ2n) is 3.74. The minimum absolute atomic E-state index is 0.0964. The van der Waals surface area contributed by atoms with Gasteiger partial charge in [-0.2, -0.15) is 8.42 Å². The molecule has 7 nitrogen and oxygen atoms in total. The number of unbranched alkanes of at least 4 members (excludes halogenated alkanes) is 2. The van der Waals surface area contributed by atoms with Crippen LogP contribution in [-0.2, 0) is 19.7 Å². The summed E-state index contributed by atoms with van der Waals surface area (Å²) < 4.78 is 28.3. The highest BCUT2D eigenvalue weighted by Crippen LogP contribution is 1.96. The fourth-order valence-electron chi connectivity index (χ4n) is 0.534. The quantitative estimate of drug-likeness (QED) is 0.377. The number of primary amides is 2. The van der Waals surface area contributed by atoms with Gasteiger partial charge in [0.15, 0.2) is 0 Å². The standard InChI is InChI=1S/C5H12O3S.C4H7NO.C3H5NO/c1-2-3-4-5-9(6,7)8;1-3(2)4(5)6;1-2-3(4)5/h2-5H2,1H3,(H,6,7,8);1H2,2H3,(H2,5,6);2H,1H2,(H2,4,5). The fourth-order valence-corrected chi connectivity index (χ4v) is 1.10. The van der Waals surface area contributed by atoms with Crippen molar-refractivity contribution in [3.63, 3.8) is 0 Å². The third-order valence-electron chi connectivity index (χ3n) is 1.63. The molecule has 20 heavy (non-hydrogen) atoms. The van der Waals surface area contributed by atoms with Gasteiger partial charge in [-0.1, -0.05) is 32.9 Å². The highest BCUT2D eigenvalue weighted by Gasteiger charge is 2.01. The van der Waals surface area contributed by atoms with E-state index in [2.05, 4.69) is 18.9 Å². The number of carbonyl (C=O) groups excluding carboxylic acids is 2. The van der Waals surface area contributed by atoms with Crippen LogP contribution in [0.1, 0.15) is 33.1 Å². The molecule has 0 atom stereocenters. The van der Waals surface area contributed by atoms with E-state index in [0.29, 0.717) is 12.0 Å². The van der Waals surface area contributed by atoms with Crippen molar-refractivity contribution in [2.24, 2.45) is 11.5 Å². The van der Waals surface area contributed by atoms with Crippen molar-refractivity contribution in [3.05, 3.63) is 24.8 Å². The van der Waals surface area contributed by atoms with Gasteiger partial charge in [-0.15, -0.1) is 0 Å². The zero-order valence-corrected chi connectivity index (χ0v) is 12.8. The molecule has 0 aliphatic rings. The molecule has 0 aliphatic heterocycles. The van der Waals surface area contributed by atoms with Gasteiger partial charge in [0.1, 0.15) is 0 Å². The van der Waals surface area contributed by atoms with Gasteiger partial charge in [0.25, 0.3) is 10.1 Å². The molecule has 0 heterocycles. The number of carbonyl (C=O) groups is 2. The zero-order valence-electron chi connectivity index (χ0n) is 12.0. The van der Waals surface area contributed by atoms with Crippen molar-refractivity contribution in [1.82, 2.24) is 0 Å². The monoisotopic (exact) mass is 308 g/mol. The second kappa shape index (κ2) is 13.8. The van der Waals surface area contributed by atoms with Gasteiger partial charge in [-0.25, -0.2) is 0 Å². The lowest BCUT2D eigenvalue weighted by Gasteiger charge is -1.92. The Bertz CT molecular complexity index is 404. The third-order valence-corrected chi connectivity index (χ3v) is 2.43. The summed E-state index contributed by atoms with van der Waals surface area (Å²) in [5.74, 6) is -1.01. The number of amides is 2. The fraction of sp³-hybridized carbons (Fsp3) is 0.500. The molecule has 0 spiro atoms. The van der Waals surface area contributed by atoms with E-state index in [0.717, 1.165) is 18.9 Å². The van der Waals surface area contributed by atoms with E-state index in [-0.39, 0.29) is 5.75 Å². The maximum absolute atomic E-state index is 10.1. The number of nitrogens with two attached hydrogens (primary N) is 2. The molecule has 0 aromatic rings. The molecule has 118 valence electrons. The van der Waals surface area contributed by atoms with Crippen LogP contribution < -0.4 is 11.5 Å². The van der Waals surface area contributed by atoms with E-state index in [9.17, 15) is 18.0 Å². The van der Waals surface area contributed by atoms with Crippen molar-refractivity contribution in [2.45, 2.75) is 33.1 Å². The summed E-state index contributed by atoms with van der Waals surface area (Å²) >= 11 is 0. The van der Waals surface area contributed by atoms with Crippen molar-refractivity contribution in [3.8, 4) is 0 Å². The predicted octanol–water partition coefficient (Wildman–Crippen LogP) is 0.770. The lowest BCUT2D eigenvalue weighted by Crippen LogP contribution is -2.10. The Morgan fingerprint density at radius 3 is 1.75 bits per heavy atom. The molecule has 5 N–H and O–H groups in total. The molecule has 0 bridgehead atoms. The average molecular weight is 308 g/mol. The normalized spacial score (nSPS) is 9.15. The lowest BCUT2D eigenvalue weighted by molar-refractivity contribution is -0.115. The third kappa shape index (κ3) is 36.0. The lowest BCUT2D eigenvalue weighted by atomic mass is 10.3. The van der Waals surface area contributed by atoms with Gasteiger partial charge in [-0.05, 0) is 19.4 Å². The SMILES string of the molecule is C=C(C)C(N)=O.C=CC(N)=O.CCCCCS(=O)(=O)O. The van der Waals surface area contributed by atoms with Crippen LogP contribution >= 0.6 is 0 Å². The highest BCUT2D eigenvalue weighted by atomic mass is 32.2. The van der Waals surface area contributed by atoms with Crippen molar-refractivity contribution >= 4 is 21.9 Å². The van der Waals surface area contributed by atoms with Crippen molar-refractivity contribution in [1.29, 1.82) is 0 Å². The smallest absolute Gasteiger partial charge is 0.264 e. The Morgan fingerprint density at radius 1 is 1.25 bits per heavy atom. The molecular formula is C12H24N2O5S. The molecule has 0 rings (SSSR count). The molecule has 2 amide bonds. The highest BCUT2D eigenvalue weighted by molar-refractivity contribution is 7.85. The summed E-state index contributed by atoms with van der Waals surface area (Å²) in [5, 5.41) is 0. The predicted molar refractivity (Wildman–Crippen MR) is 79.3 cm³/mol. The number of hydrogen-bond acceptors (Lipinski definition) is 4. The summed E-state index contributed by atoms with van der Waals surface area (Å²) in [7, 11) is -3.70. The summed E-state index contributed by atoms with van der Waals surface area (Å²) in [5.41, 5.74) is 9.63.